The van der Waals surface area contributed by atoms with Gasteiger partial charge in [0.15, 0.2) is 0 Å². The van der Waals surface area contributed by atoms with Crippen molar-refractivity contribution < 1.29 is 4.79 Å². The lowest BCUT2D eigenvalue weighted by atomic mass is 10.4. The average molecular weight is 232 g/mol. The van der Waals surface area contributed by atoms with Crippen LogP contribution in [-0.4, -0.2) is 34.1 Å². The van der Waals surface area contributed by atoms with E-state index in [0.717, 1.165) is 11.3 Å². The van der Waals surface area contributed by atoms with Crippen molar-refractivity contribution in [2.24, 2.45) is 0 Å². The zero-order valence-corrected chi connectivity index (χ0v) is 9.31. The summed E-state index contributed by atoms with van der Waals surface area (Å²) in [7, 11) is 0. The topological polar surface area (TPSA) is 46.1 Å². The predicted molar refractivity (Wildman–Crippen MR) is 56.7 cm³/mol. The third-order valence-corrected chi connectivity index (χ3v) is 2.61. The number of carbonyl (C=O) groups is 1. The van der Waals surface area contributed by atoms with Crippen molar-refractivity contribution in [1.29, 1.82) is 0 Å². The molecule has 0 spiro atoms. The van der Waals surface area contributed by atoms with Gasteiger partial charge >= 0.3 is 0 Å². The van der Waals surface area contributed by atoms with Crippen molar-refractivity contribution in [3.8, 4) is 0 Å². The third-order valence-electron chi connectivity index (χ3n) is 1.60. The van der Waals surface area contributed by atoms with Gasteiger partial charge in [0.1, 0.15) is 0 Å². The molecule has 0 aliphatic rings. The summed E-state index contributed by atoms with van der Waals surface area (Å²) >= 11 is 6.67. The molecule has 1 amide bonds. The number of aromatic nitrogens is 2. The Morgan fingerprint density at radius 3 is 2.86 bits per heavy atom. The Bertz CT molecular complexity index is 339. The van der Waals surface area contributed by atoms with E-state index in [1.54, 1.807) is 11.0 Å². The first-order valence-electron chi connectivity index (χ1n) is 4.08. The van der Waals surface area contributed by atoms with Gasteiger partial charge in [-0.2, -0.15) is 0 Å². The SMILES string of the molecule is C=CCN(CC)C(=O)c1nnc(Cl)s1. The predicted octanol–water partition coefficient (Wildman–Crippen LogP) is 1.84. The minimum Gasteiger partial charge on any atom is -0.333 e. The van der Waals surface area contributed by atoms with Gasteiger partial charge < -0.3 is 4.90 Å². The standard InChI is InChI=1S/C8H10ClN3OS/c1-3-5-12(4-2)7(13)6-10-11-8(9)14-6/h3H,1,4-5H2,2H3. The number of likely N-dealkylation sites (N-methyl/N-ethyl adjacent to an activating group) is 1. The van der Waals surface area contributed by atoms with Crippen LogP contribution in [0.2, 0.25) is 4.47 Å². The maximum atomic E-state index is 11.7. The lowest BCUT2D eigenvalue weighted by Gasteiger charge is -2.16. The Labute approximate surface area is 91.2 Å². The number of hydrogen-bond acceptors (Lipinski definition) is 4. The molecule has 0 aliphatic carbocycles. The molecule has 0 saturated carbocycles. The fourth-order valence-corrected chi connectivity index (χ4v) is 1.73. The van der Waals surface area contributed by atoms with Crippen molar-refractivity contribution in [3.05, 3.63) is 22.1 Å². The van der Waals surface area contributed by atoms with E-state index >= 15 is 0 Å². The van der Waals surface area contributed by atoms with Crippen LogP contribution in [0.25, 0.3) is 0 Å². The van der Waals surface area contributed by atoms with E-state index < -0.39 is 0 Å². The van der Waals surface area contributed by atoms with Gasteiger partial charge in [-0.25, -0.2) is 0 Å². The highest BCUT2D eigenvalue weighted by Gasteiger charge is 2.17. The summed E-state index contributed by atoms with van der Waals surface area (Å²) in [5, 5.41) is 7.57. The largest absolute Gasteiger partial charge is 0.333 e. The lowest BCUT2D eigenvalue weighted by Crippen LogP contribution is -2.30. The van der Waals surface area contributed by atoms with Crippen molar-refractivity contribution >= 4 is 28.8 Å². The molecule has 6 heteroatoms. The van der Waals surface area contributed by atoms with Crippen LogP contribution in [0.5, 0.6) is 0 Å². The van der Waals surface area contributed by atoms with Crippen molar-refractivity contribution in [3.63, 3.8) is 0 Å². The number of halogens is 1. The maximum absolute atomic E-state index is 11.7. The minimum absolute atomic E-state index is 0.156. The molecule has 1 rings (SSSR count). The van der Waals surface area contributed by atoms with Gasteiger partial charge in [0.2, 0.25) is 9.47 Å². The van der Waals surface area contributed by atoms with Crippen molar-refractivity contribution in [2.45, 2.75) is 6.92 Å². The molecule has 0 aromatic carbocycles. The minimum atomic E-state index is -0.156. The van der Waals surface area contributed by atoms with E-state index in [4.69, 9.17) is 11.6 Å². The highest BCUT2D eigenvalue weighted by molar-refractivity contribution is 7.17. The Morgan fingerprint density at radius 2 is 2.43 bits per heavy atom. The van der Waals surface area contributed by atoms with Crippen LogP contribution in [0.4, 0.5) is 0 Å². The summed E-state index contributed by atoms with van der Waals surface area (Å²) in [6.45, 7) is 6.59. The number of nitrogens with zero attached hydrogens (tertiary/aromatic N) is 3. The van der Waals surface area contributed by atoms with Crippen LogP contribution >= 0.6 is 22.9 Å². The zero-order chi connectivity index (χ0) is 10.6. The van der Waals surface area contributed by atoms with Crippen LogP contribution in [-0.2, 0) is 0 Å². The normalized spacial score (nSPS) is 9.86. The first kappa shape index (κ1) is 11.1. The fraction of sp³-hybridized carbons (Fsp3) is 0.375. The van der Waals surface area contributed by atoms with Gasteiger partial charge in [-0.1, -0.05) is 17.4 Å². The van der Waals surface area contributed by atoms with Gasteiger partial charge in [-0.3, -0.25) is 4.79 Å². The molecule has 1 aromatic rings. The summed E-state index contributed by atoms with van der Waals surface area (Å²) in [6, 6.07) is 0. The highest BCUT2D eigenvalue weighted by Crippen LogP contribution is 2.16. The number of amides is 1. The molecule has 0 atom stereocenters. The van der Waals surface area contributed by atoms with Crippen LogP contribution in [0.15, 0.2) is 12.7 Å². The van der Waals surface area contributed by atoms with Gasteiger partial charge in [0.25, 0.3) is 5.91 Å². The molecule has 0 fully saturated rings. The summed E-state index contributed by atoms with van der Waals surface area (Å²) < 4.78 is 0.281. The molecular formula is C8H10ClN3OS. The second kappa shape index (κ2) is 5.07. The van der Waals surface area contributed by atoms with Crippen molar-refractivity contribution in [2.75, 3.05) is 13.1 Å². The Kier molecular flexibility index (Phi) is 4.03. The first-order valence-corrected chi connectivity index (χ1v) is 5.27. The third kappa shape index (κ3) is 2.52. The summed E-state index contributed by atoms with van der Waals surface area (Å²) in [6.07, 6.45) is 1.67. The fourth-order valence-electron chi connectivity index (χ4n) is 0.938. The maximum Gasteiger partial charge on any atom is 0.285 e. The molecule has 1 aromatic heterocycles. The number of hydrogen-bond donors (Lipinski definition) is 0. The smallest absolute Gasteiger partial charge is 0.285 e. The summed E-state index contributed by atoms with van der Waals surface area (Å²) in [5.74, 6) is -0.156. The van der Waals surface area contributed by atoms with Gasteiger partial charge in [0, 0.05) is 13.1 Å². The van der Waals surface area contributed by atoms with Crippen LogP contribution in [0.1, 0.15) is 16.7 Å². The van der Waals surface area contributed by atoms with Gasteiger partial charge in [-0.05, 0) is 18.5 Å². The molecule has 0 bridgehead atoms. The Hall–Kier alpha value is -0.940. The molecule has 1 heterocycles. The zero-order valence-electron chi connectivity index (χ0n) is 7.73. The molecule has 0 unspecified atom stereocenters. The number of rotatable bonds is 4. The van der Waals surface area contributed by atoms with E-state index in [2.05, 4.69) is 16.8 Å². The molecule has 14 heavy (non-hydrogen) atoms. The first-order chi connectivity index (χ1) is 6.69. The second-order valence-electron chi connectivity index (χ2n) is 2.49. The molecule has 0 N–H and O–H groups in total. The molecule has 76 valence electrons. The molecule has 4 nitrogen and oxygen atoms in total. The van der Waals surface area contributed by atoms with Crippen LogP contribution < -0.4 is 0 Å². The van der Waals surface area contributed by atoms with E-state index in [1.165, 1.54) is 0 Å². The van der Waals surface area contributed by atoms with Gasteiger partial charge in [0.05, 0.1) is 0 Å². The summed E-state index contributed by atoms with van der Waals surface area (Å²) in [4.78, 5) is 13.3. The number of carbonyl (C=O) groups excluding carboxylic acids is 1. The highest BCUT2D eigenvalue weighted by atomic mass is 35.5. The summed E-state index contributed by atoms with van der Waals surface area (Å²) in [5.41, 5.74) is 0. The van der Waals surface area contributed by atoms with Gasteiger partial charge in [-0.15, -0.1) is 16.8 Å². The average Bonchev–Trinajstić information content (AvgIpc) is 2.60. The van der Waals surface area contributed by atoms with E-state index in [-0.39, 0.29) is 10.4 Å². The molecular weight excluding hydrogens is 222 g/mol. The van der Waals surface area contributed by atoms with Crippen LogP contribution in [0, 0.1) is 0 Å². The van der Waals surface area contributed by atoms with Crippen LogP contribution in [0.3, 0.4) is 0 Å². The van der Waals surface area contributed by atoms with E-state index in [0.29, 0.717) is 18.1 Å². The second-order valence-corrected chi connectivity index (χ2v) is 4.05. The monoisotopic (exact) mass is 231 g/mol. The van der Waals surface area contributed by atoms with E-state index in [9.17, 15) is 4.79 Å². The Balaban J connectivity index is 2.77. The van der Waals surface area contributed by atoms with E-state index in [1.807, 2.05) is 6.92 Å². The molecule has 0 radical (unpaired) electrons. The quantitative estimate of drug-likeness (QED) is 0.743. The lowest BCUT2D eigenvalue weighted by molar-refractivity contribution is 0.0781. The van der Waals surface area contributed by atoms with Crippen molar-refractivity contribution in [1.82, 2.24) is 15.1 Å². The Morgan fingerprint density at radius 1 is 1.71 bits per heavy atom. The molecule has 0 aliphatic heterocycles. The molecule has 0 saturated heterocycles.